The molecule has 102 heavy (non-hydrogen) atoms. The summed E-state index contributed by atoms with van der Waals surface area (Å²) in [5, 5.41) is 52.7. The van der Waals surface area contributed by atoms with E-state index in [0.29, 0.717) is 50.6 Å². The number of fused-ring (bicyclic) bond motifs is 13. The summed E-state index contributed by atoms with van der Waals surface area (Å²) in [7, 11) is 0. The van der Waals surface area contributed by atoms with Crippen molar-refractivity contribution in [1.29, 1.82) is 21.0 Å². The molecule has 10 heteroatoms. The van der Waals surface area contributed by atoms with Crippen molar-refractivity contribution in [3.05, 3.63) is 319 Å². The van der Waals surface area contributed by atoms with Gasteiger partial charge in [0.25, 0.3) is 0 Å². The van der Waals surface area contributed by atoms with Crippen LogP contribution in [0.25, 0.3) is 132 Å². The Kier molecular flexibility index (Phi) is 15.0. The topological polar surface area (TPSA) is 138 Å². The van der Waals surface area contributed by atoms with Crippen LogP contribution in [0.5, 0.6) is 0 Å². The van der Waals surface area contributed by atoms with E-state index in [-0.39, 0.29) is 11.8 Å². The Hall–Kier alpha value is -13.9. The second-order valence-electron chi connectivity index (χ2n) is 26.8. The summed E-state index contributed by atoms with van der Waals surface area (Å²) in [4.78, 5) is 4.22. The SMILES string of the molecule is C/C(=C(C#N)\C(=C/CC#N)n1c2ccc(-c3ccc4c(c3)c3ccccc3n4-c3c(C#N)ccc(C#N)c3N(c3ccc(C(C)(C)C)cc3)c3ccc4c(c3)oc3ccccc34)cc2c2c3oc4ccccc4c3ccc21)N(c1ccc(-c2ccccc2)cc1)c1ccc(-c2ccccc2)cc1. The summed E-state index contributed by atoms with van der Waals surface area (Å²) in [6.45, 7) is 8.56. The summed E-state index contributed by atoms with van der Waals surface area (Å²) in [6, 6.07) is 107. The molecule has 0 N–H and O–H groups in total. The number of hydrogen-bond donors (Lipinski definition) is 0. The number of furan rings is 2. The third kappa shape index (κ3) is 10.3. The molecule has 17 rings (SSSR count). The van der Waals surface area contributed by atoms with E-state index in [2.05, 4.69) is 246 Å². The van der Waals surface area contributed by atoms with Crippen LogP contribution in [0.4, 0.5) is 28.4 Å². The summed E-state index contributed by atoms with van der Waals surface area (Å²) in [5.74, 6) is 0. The smallest absolute Gasteiger partial charge is 0.145 e. The predicted molar refractivity (Wildman–Crippen MR) is 415 cm³/mol. The fourth-order valence-electron chi connectivity index (χ4n) is 15.0. The predicted octanol–water partition coefficient (Wildman–Crippen LogP) is 24.6. The van der Waals surface area contributed by atoms with Gasteiger partial charge in [0.2, 0.25) is 0 Å². The van der Waals surface area contributed by atoms with Gasteiger partial charge in [0.05, 0.1) is 79.4 Å². The van der Waals surface area contributed by atoms with E-state index in [9.17, 15) is 21.0 Å². The molecule has 0 saturated carbocycles. The van der Waals surface area contributed by atoms with Gasteiger partial charge in [-0.25, -0.2) is 0 Å². The molecule has 13 aromatic carbocycles. The highest BCUT2D eigenvalue weighted by molar-refractivity contribution is 6.25. The maximum atomic E-state index is 11.9. The average molecular weight is 1310 g/mol. The average Bonchev–Trinajstić information content (AvgIpc) is 1.54. The number of hydrogen-bond acceptors (Lipinski definition) is 8. The molecule has 0 bridgehead atoms. The van der Waals surface area contributed by atoms with E-state index in [1.165, 1.54) is 0 Å². The number of nitriles is 4. The number of anilines is 5. The molecule has 0 aliphatic heterocycles. The second kappa shape index (κ2) is 24.9. The maximum Gasteiger partial charge on any atom is 0.145 e. The van der Waals surface area contributed by atoms with Crippen LogP contribution >= 0.6 is 0 Å². The minimum absolute atomic E-state index is 0.0179. The molecule has 0 unspecified atom stereocenters. The number of allylic oxidation sites excluding steroid dienone is 4. The van der Waals surface area contributed by atoms with Gasteiger partial charge in [-0.15, -0.1) is 0 Å². The Morgan fingerprint density at radius 1 is 0.422 bits per heavy atom. The zero-order valence-corrected chi connectivity index (χ0v) is 56.3. The van der Waals surface area contributed by atoms with Crippen molar-refractivity contribution in [3.63, 3.8) is 0 Å². The summed E-state index contributed by atoms with van der Waals surface area (Å²) >= 11 is 0. The van der Waals surface area contributed by atoms with Crippen molar-refractivity contribution >= 4 is 122 Å². The van der Waals surface area contributed by atoms with Gasteiger partial charge in [0.15, 0.2) is 0 Å². The normalized spacial score (nSPS) is 12.1. The molecule has 0 saturated heterocycles. The van der Waals surface area contributed by atoms with Gasteiger partial charge in [-0.3, -0.25) is 0 Å². The number of aromatic nitrogens is 2. The number of benzene rings is 13. The monoisotopic (exact) mass is 1310 g/mol. The van der Waals surface area contributed by atoms with Crippen LogP contribution in [-0.4, -0.2) is 9.13 Å². The van der Waals surface area contributed by atoms with E-state index in [1.807, 2.05) is 104 Å². The maximum absolute atomic E-state index is 11.9. The van der Waals surface area contributed by atoms with Crippen LogP contribution in [0.15, 0.2) is 311 Å². The van der Waals surface area contributed by atoms with Gasteiger partial charge >= 0.3 is 0 Å². The van der Waals surface area contributed by atoms with Crippen LogP contribution in [0.2, 0.25) is 0 Å². The van der Waals surface area contributed by atoms with Crippen molar-refractivity contribution in [3.8, 4) is 63.3 Å². The molecule has 0 amide bonds. The van der Waals surface area contributed by atoms with E-state index in [4.69, 9.17) is 8.83 Å². The second-order valence-corrected chi connectivity index (χ2v) is 26.8. The fourth-order valence-corrected chi connectivity index (χ4v) is 15.0. The Bertz CT molecular complexity index is 6410. The molecule has 482 valence electrons. The molecule has 0 spiro atoms. The van der Waals surface area contributed by atoms with Crippen LogP contribution in [0, 0.1) is 45.3 Å². The van der Waals surface area contributed by atoms with Gasteiger partial charge in [-0.1, -0.05) is 185 Å². The van der Waals surface area contributed by atoms with Crippen LogP contribution in [0.3, 0.4) is 0 Å². The standard InChI is InChI=1S/C92H62N8O2/c1-58(97(68-39-31-61(32-40-68)59-18-7-5-8-19-59)69-41-33-62(34-42-69)60-20-9-6-10-21-60)79(57-96)81(26-17-51-93)99-83-49-36-64(53-78(83)88-84(99)50-47-76-74-24-13-16-28-86(74)102-91(76)88)63-35-48-82-77(52-63)72-22-11-14-25-80(72)100(82)90-66(56-95)30-29-65(55-94)89(90)98(70-43-37-67(38-44-70)92(2,3)4)71-45-46-75-73-23-12-15-27-85(73)101-87(75)54-71/h5-16,18-50,52-54H,17H2,1-4H3/b79-58+,81-26+. The lowest BCUT2D eigenvalue weighted by Crippen LogP contribution is -2.17. The van der Waals surface area contributed by atoms with Crippen molar-refractivity contribution in [2.24, 2.45) is 0 Å². The van der Waals surface area contributed by atoms with E-state index < -0.39 is 0 Å². The Morgan fingerprint density at radius 2 is 0.922 bits per heavy atom. The van der Waals surface area contributed by atoms with E-state index >= 15 is 0 Å². The molecule has 0 fully saturated rings. The summed E-state index contributed by atoms with van der Waals surface area (Å²) in [6.07, 6.45) is 1.89. The summed E-state index contributed by atoms with van der Waals surface area (Å²) < 4.78 is 17.8. The van der Waals surface area contributed by atoms with E-state index in [1.54, 1.807) is 12.1 Å². The first-order valence-electron chi connectivity index (χ1n) is 34.0. The number of nitrogens with zero attached hydrogens (tertiary/aromatic N) is 8. The molecule has 0 aliphatic carbocycles. The Balaban J connectivity index is 0.857. The Morgan fingerprint density at radius 3 is 1.55 bits per heavy atom. The summed E-state index contributed by atoms with van der Waals surface area (Å²) in [5.41, 5.74) is 20.0. The van der Waals surface area contributed by atoms with Crippen molar-refractivity contribution in [2.45, 2.75) is 39.5 Å². The first-order valence-corrected chi connectivity index (χ1v) is 34.0. The lowest BCUT2D eigenvalue weighted by molar-refractivity contribution is 0.590. The minimum atomic E-state index is -0.133. The third-order valence-electron chi connectivity index (χ3n) is 19.9. The largest absolute Gasteiger partial charge is 0.456 e. The molecular formula is C92H62N8O2. The molecule has 0 radical (unpaired) electrons. The van der Waals surface area contributed by atoms with Crippen molar-refractivity contribution in [1.82, 2.24) is 9.13 Å². The number of para-hydroxylation sites is 3. The fraction of sp³-hybridized carbons (Fsp3) is 0.0652. The molecule has 17 aromatic rings. The molecule has 10 nitrogen and oxygen atoms in total. The van der Waals surface area contributed by atoms with Gasteiger partial charge in [-0.2, -0.15) is 21.0 Å². The zero-order valence-electron chi connectivity index (χ0n) is 56.3. The highest BCUT2D eigenvalue weighted by Gasteiger charge is 2.30. The molecule has 0 atom stereocenters. The van der Waals surface area contributed by atoms with Crippen LogP contribution < -0.4 is 9.80 Å². The number of rotatable bonds is 13. The van der Waals surface area contributed by atoms with Gasteiger partial charge in [0.1, 0.15) is 40.5 Å². The molecule has 0 aliphatic rings. The molecule has 4 heterocycles. The molecule has 4 aromatic heterocycles. The lowest BCUT2D eigenvalue weighted by atomic mass is 9.87. The highest BCUT2D eigenvalue weighted by atomic mass is 16.3. The van der Waals surface area contributed by atoms with Crippen LogP contribution in [-0.2, 0) is 5.41 Å². The van der Waals surface area contributed by atoms with Crippen molar-refractivity contribution in [2.75, 3.05) is 9.80 Å². The Labute approximate surface area is 589 Å². The quantitative estimate of drug-likeness (QED) is 0.0822. The first kappa shape index (κ1) is 61.7. The van der Waals surface area contributed by atoms with Gasteiger partial charge in [0, 0.05) is 66.5 Å². The highest BCUT2D eigenvalue weighted by Crippen LogP contribution is 2.49. The van der Waals surface area contributed by atoms with E-state index in [0.717, 1.165) is 138 Å². The minimum Gasteiger partial charge on any atom is -0.456 e. The van der Waals surface area contributed by atoms with Crippen LogP contribution in [0.1, 0.15) is 50.8 Å². The zero-order chi connectivity index (χ0) is 69.3. The lowest BCUT2D eigenvalue weighted by Gasteiger charge is -2.30. The van der Waals surface area contributed by atoms with Gasteiger partial charge in [-0.05, 0) is 173 Å². The molecular weight excluding hydrogens is 1250 g/mol. The van der Waals surface area contributed by atoms with Gasteiger partial charge < -0.3 is 27.8 Å². The van der Waals surface area contributed by atoms with Crippen molar-refractivity contribution < 1.29 is 8.83 Å². The third-order valence-corrected chi connectivity index (χ3v) is 19.9. The first-order chi connectivity index (χ1) is 50.0.